The lowest BCUT2D eigenvalue weighted by Crippen LogP contribution is -2.42. The smallest absolute Gasteiger partial charge is 0.184 e. The molecule has 1 aromatic rings. The third-order valence-electron chi connectivity index (χ3n) is 5.75. The van der Waals surface area contributed by atoms with Crippen molar-refractivity contribution in [2.24, 2.45) is 5.41 Å². The summed E-state index contributed by atoms with van der Waals surface area (Å²) in [6.45, 7) is 0. The zero-order valence-corrected chi connectivity index (χ0v) is 12.2. The minimum absolute atomic E-state index is 0.336. The van der Waals surface area contributed by atoms with E-state index in [1.807, 2.05) is 0 Å². The summed E-state index contributed by atoms with van der Waals surface area (Å²) in [7, 11) is -1.79. The van der Waals surface area contributed by atoms with Crippen molar-refractivity contribution < 1.29 is 18.3 Å². The minimum Gasteiger partial charge on any atom is -0.497 e. The van der Waals surface area contributed by atoms with Crippen molar-refractivity contribution in [3.05, 3.63) is 24.3 Å². The molecule has 4 rings (SSSR count). The van der Waals surface area contributed by atoms with Gasteiger partial charge in [0.15, 0.2) is 9.84 Å². The molecule has 0 radical (unpaired) electrons. The van der Waals surface area contributed by atoms with Crippen molar-refractivity contribution >= 4 is 9.84 Å². The van der Waals surface area contributed by atoms with E-state index in [0.29, 0.717) is 23.5 Å². The molecule has 0 spiro atoms. The molecule has 3 aliphatic rings. The van der Waals surface area contributed by atoms with E-state index >= 15 is 0 Å². The van der Waals surface area contributed by atoms with Gasteiger partial charge in [0.2, 0.25) is 0 Å². The Morgan fingerprint density at radius 3 is 2.20 bits per heavy atom. The molecule has 0 unspecified atom stereocenters. The third kappa shape index (κ3) is 1.20. The van der Waals surface area contributed by atoms with E-state index in [4.69, 9.17) is 4.74 Å². The van der Waals surface area contributed by atoms with Crippen LogP contribution >= 0.6 is 0 Å². The normalized spacial score (nSPS) is 36.7. The van der Waals surface area contributed by atoms with Crippen molar-refractivity contribution in [3.8, 4) is 5.75 Å². The summed E-state index contributed by atoms with van der Waals surface area (Å²) in [4.78, 5) is 0.348. The SMILES string of the molecule is COc1ccc(S(=O)(=O)C23CC2(C2(O)CCC2)C3)cc1. The van der Waals surface area contributed by atoms with Gasteiger partial charge >= 0.3 is 0 Å². The van der Waals surface area contributed by atoms with Gasteiger partial charge in [0.25, 0.3) is 0 Å². The van der Waals surface area contributed by atoms with Crippen molar-refractivity contribution in [1.29, 1.82) is 0 Å². The lowest BCUT2D eigenvalue weighted by atomic mass is 9.72. The number of rotatable bonds is 4. The molecule has 0 aliphatic heterocycles. The van der Waals surface area contributed by atoms with Crippen LogP contribution in [0.25, 0.3) is 0 Å². The van der Waals surface area contributed by atoms with Crippen molar-refractivity contribution in [2.75, 3.05) is 7.11 Å². The molecule has 3 aliphatic carbocycles. The standard InChI is InChI=1S/C15H18O4S/c1-19-11-3-5-12(6-4-11)20(17,18)15-9-13(15,10-15)14(16)7-2-8-14/h3-6,16H,2,7-10H2,1H3. The molecule has 0 bridgehead atoms. The molecular formula is C15H18O4S. The number of hydrogen-bond acceptors (Lipinski definition) is 4. The van der Waals surface area contributed by atoms with E-state index in [2.05, 4.69) is 0 Å². The molecule has 0 amide bonds. The Hall–Kier alpha value is -1.07. The van der Waals surface area contributed by atoms with E-state index in [1.54, 1.807) is 31.4 Å². The van der Waals surface area contributed by atoms with E-state index in [-0.39, 0.29) is 5.41 Å². The van der Waals surface area contributed by atoms with E-state index in [1.165, 1.54) is 0 Å². The number of fused-ring (bicyclic) bond motifs is 1. The van der Waals surface area contributed by atoms with Crippen molar-refractivity contribution in [3.63, 3.8) is 0 Å². The average molecular weight is 294 g/mol. The first kappa shape index (κ1) is 12.7. The minimum atomic E-state index is -3.35. The quantitative estimate of drug-likeness (QED) is 0.921. The maximum atomic E-state index is 12.8. The fourth-order valence-electron chi connectivity index (χ4n) is 4.01. The van der Waals surface area contributed by atoms with Gasteiger partial charge in [0.1, 0.15) is 5.75 Å². The molecule has 3 fully saturated rings. The highest BCUT2D eigenvalue weighted by Gasteiger charge is 2.95. The molecule has 0 heterocycles. The van der Waals surface area contributed by atoms with E-state index < -0.39 is 20.2 Å². The van der Waals surface area contributed by atoms with Crippen molar-refractivity contribution in [1.82, 2.24) is 0 Å². The van der Waals surface area contributed by atoms with Crippen LogP contribution in [0.3, 0.4) is 0 Å². The Morgan fingerprint density at radius 1 is 1.15 bits per heavy atom. The Morgan fingerprint density at radius 2 is 1.75 bits per heavy atom. The second-order valence-electron chi connectivity index (χ2n) is 6.49. The summed E-state index contributed by atoms with van der Waals surface area (Å²) in [5.74, 6) is 0.650. The molecule has 3 saturated carbocycles. The number of sulfone groups is 1. The molecule has 1 N–H and O–H groups in total. The fourth-order valence-corrected chi connectivity index (χ4v) is 6.53. The highest BCUT2D eigenvalue weighted by atomic mass is 32.2. The third-order valence-corrected chi connectivity index (χ3v) is 8.35. The van der Waals surface area contributed by atoms with Gasteiger partial charge in [-0.1, -0.05) is 0 Å². The highest BCUT2D eigenvalue weighted by molar-refractivity contribution is 7.93. The second-order valence-corrected chi connectivity index (χ2v) is 8.75. The lowest BCUT2D eigenvalue weighted by Gasteiger charge is -2.39. The largest absolute Gasteiger partial charge is 0.497 e. The molecule has 5 heteroatoms. The van der Waals surface area contributed by atoms with Crippen LogP contribution in [0.5, 0.6) is 5.75 Å². The second kappa shape index (κ2) is 3.39. The van der Waals surface area contributed by atoms with Gasteiger partial charge in [-0.15, -0.1) is 0 Å². The Balaban J connectivity index is 1.66. The Bertz CT molecular complexity index is 664. The molecule has 0 aromatic heterocycles. The molecule has 0 atom stereocenters. The summed E-state index contributed by atoms with van der Waals surface area (Å²) in [5, 5.41) is 10.5. The van der Waals surface area contributed by atoms with Crippen LogP contribution in [0.15, 0.2) is 29.2 Å². The zero-order valence-electron chi connectivity index (χ0n) is 11.4. The first-order chi connectivity index (χ1) is 9.41. The van der Waals surface area contributed by atoms with Crippen LogP contribution in [-0.4, -0.2) is 31.0 Å². The van der Waals surface area contributed by atoms with Crippen molar-refractivity contribution in [2.45, 2.75) is 47.3 Å². The highest BCUT2D eigenvalue weighted by Crippen LogP contribution is 2.89. The van der Waals surface area contributed by atoms with Gasteiger partial charge in [-0.05, 0) is 56.4 Å². The predicted octanol–water partition coefficient (Wildman–Crippen LogP) is 1.92. The van der Waals surface area contributed by atoms with Gasteiger partial charge in [0, 0.05) is 5.41 Å². The Labute approximate surface area is 118 Å². The number of methoxy groups -OCH3 is 1. The van der Waals surface area contributed by atoms with Gasteiger partial charge in [-0.3, -0.25) is 0 Å². The summed E-state index contributed by atoms with van der Waals surface area (Å²) in [5.41, 5.74) is -1.05. The van der Waals surface area contributed by atoms with Crippen LogP contribution in [0.2, 0.25) is 0 Å². The number of aliphatic hydroxyl groups is 1. The van der Waals surface area contributed by atoms with E-state index in [0.717, 1.165) is 19.3 Å². The summed E-state index contributed by atoms with van der Waals surface area (Å²) >= 11 is 0. The molecule has 4 nitrogen and oxygen atoms in total. The molecular weight excluding hydrogens is 276 g/mol. The van der Waals surface area contributed by atoms with Crippen LogP contribution in [0.4, 0.5) is 0 Å². The lowest BCUT2D eigenvalue weighted by molar-refractivity contribution is -0.0745. The molecule has 20 heavy (non-hydrogen) atoms. The van der Waals surface area contributed by atoms with Gasteiger partial charge < -0.3 is 9.84 Å². The molecule has 1 aromatic carbocycles. The maximum absolute atomic E-state index is 12.8. The van der Waals surface area contributed by atoms with E-state index in [9.17, 15) is 13.5 Å². The Kier molecular flexibility index (Phi) is 2.15. The number of ether oxygens (including phenoxy) is 1. The first-order valence-electron chi connectivity index (χ1n) is 7.02. The van der Waals surface area contributed by atoms with Gasteiger partial charge in [-0.2, -0.15) is 0 Å². The van der Waals surface area contributed by atoms with Gasteiger partial charge in [-0.25, -0.2) is 8.42 Å². The summed E-state index contributed by atoms with van der Waals surface area (Å²) in [6, 6.07) is 6.56. The van der Waals surface area contributed by atoms with Crippen LogP contribution in [-0.2, 0) is 9.84 Å². The van der Waals surface area contributed by atoms with Crippen LogP contribution in [0, 0.1) is 5.41 Å². The average Bonchev–Trinajstić information content (AvgIpc) is 3.23. The predicted molar refractivity (Wildman–Crippen MR) is 73.4 cm³/mol. The number of hydrogen-bond donors (Lipinski definition) is 1. The molecule has 108 valence electrons. The fraction of sp³-hybridized carbons (Fsp3) is 0.600. The maximum Gasteiger partial charge on any atom is 0.184 e. The molecule has 0 saturated heterocycles. The summed E-state index contributed by atoms with van der Waals surface area (Å²) < 4.78 is 30.0. The zero-order chi connectivity index (χ0) is 14.2. The van der Waals surface area contributed by atoms with Crippen LogP contribution < -0.4 is 4.74 Å². The van der Waals surface area contributed by atoms with Crippen LogP contribution in [0.1, 0.15) is 32.1 Å². The summed E-state index contributed by atoms with van der Waals surface area (Å²) in [6.07, 6.45) is 3.78. The van der Waals surface area contributed by atoms with Gasteiger partial charge in [0.05, 0.1) is 22.4 Å². The topological polar surface area (TPSA) is 63.6 Å². The first-order valence-corrected chi connectivity index (χ1v) is 8.50. The number of benzene rings is 1. The monoisotopic (exact) mass is 294 g/mol.